The first kappa shape index (κ1) is 287. The molecule has 0 aliphatic carbocycles. The maximum Gasteiger partial charge on any atom is 0.240 e. The van der Waals surface area contributed by atoms with Crippen molar-refractivity contribution in [2.45, 2.75) is 0 Å². The van der Waals surface area contributed by atoms with Gasteiger partial charge in [0.25, 0.3) is 0 Å². The molecule has 0 aromatic heterocycles. The molecule has 0 bridgehead atoms. The van der Waals surface area contributed by atoms with Crippen LogP contribution in [0.15, 0.2) is 12.7 Å². The van der Waals surface area contributed by atoms with Crippen LogP contribution in [0.4, 0.5) is 0 Å². The van der Waals surface area contributed by atoms with E-state index < -0.39 is 5.91 Å². The van der Waals surface area contributed by atoms with E-state index in [4.69, 9.17) is 0 Å². The standard InChI is InChI=1S/C3H5NO.10H2O/c1-2-3(4)5;;;;;;;;;;/h2H,1H2,(H2,4,5);10*1H2. The Balaban J connectivity index is -0.00000000178. The topological polar surface area (TPSA) is 358 Å². The summed E-state index contributed by atoms with van der Waals surface area (Å²) in [5.41, 5.74) is 4.53. The molecule has 0 aromatic rings. The molecule has 0 atom stereocenters. The minimum Gasteiger partial charge on any atom is -0.412 e. The number of carbonyl (C=O) groups is 1. The lowest BCUT2D eigenvalue weighted by Gasteiger charge is -1.65. The van der Waals surface area contributed by atoms with Gasteiger partial charge >= 0.3 is 0 Å². The third-order valence-corrected chi connectivity index (χ3v) is 0.201. The lowest BCUT2D eigenvalue weighted by atomic mass is 10.6. The number of hydrogen-bond donors (Lipinski definition) is 1. The minimum absolute atomic E-state index is 0. The lowest BCUT2D eigenvalue weighted by Crippen LogP contribution is -2.04. The molecule has 22 N–H and O–H groups in total. The van der Waals surface area contributed by atoms with Crippen molar-refractivity contribution in [3.63, 3.8) is 0 Å². The molecule has 108 valence electrons. The molecule has 0 heterocycles. The Morgan fingerprint density at radius 2 is 0.800 bits per heavy atom. The summed E-state index contributed by atoms with van der Waals surface area (Å²) in [5.74, 6) is -0.481. The van der Waals surface area contributed by atoms with E-state index in [2.05, 4.69) is 12.3 Å². The second-order valence-corrected chi connectivity index (χ2v) is 0.606. The Morgan fingerprint density at radius 3 is 0.800 bits per heavy atom. The van der Waals surface area contributed by atoms with Crippen molar-refractivity contribution in [3.8, 4) is 0 Å². The normalized spacial score (nSPS) is 2.13. The summed E-state index contributed by atoms with van der Waals surface area (Å²) < 4.78 is 0. The average molecular weight is 251 g/mol. The first-order valence-electron chi connectivity index (χ1n) is 1.19. The molecule has 12 heteroatoms. The van der Waals surface area contributed by atoms with E-state index in [0.717, 1.165) is 6.08 Å². The molecule has 0 saturated heterocycles. The van der Waals surface area contributed by atoms with Crippen LogP contribution in [0.1, 0.15) is 0 Å². The number of primary amides is 1. The smallest absolute Gasteiger partial charge is 0.240 e. The van der Waals surface area contributed by atoms with Gasteiger partial charge in [0, 0.05) is 0 Å². The molecule has 0 rings (SSSR count). The van der Waals surface area contributed by atoms with E-state index >= 15 is 0 Å². The fourth-order valence-corrected chi connectivity index (χ4v) is 0. The molecule has 0 radical (unpaired) electrons. The van der Waals surface area contributed by atoms with Gasteiger partial charge in [0.1, 0.15) is 0 Å². The van der Waals surface area contributed by atoms with Crippen LogP contribution in [0, 0.1) is 0 Å². The highest BCUT2D eigenvalue weighted by Crippen LogP contribution is 1.48. The highest BCUT2D eigenvalue weighted by Gasteiger charge is 1.69. The predicted octanol–water partition coefficient (Wildman–Crippen LogP) is -8.59. The summed E-state index contributed by atoms with van der Waals surface area (Å²) in [7, 11) is 0. The fraction of sp³-hybridized carbons (Fsp3) is 0. The second kappa shape index (κ2) is 226. The Morgan fingerprint density at radius 1 is 0.733 bits per heavy atom. The van der Waals surface area contributed by atoms with Crippen molar-refractivity contribution in [1.82, 2.24) is 0 Å². The third-order valence-electron chi connectivity index (χ3n) is 0.201. The van der Waals surface area contributed by atoms with Gasteiger partial charge in [0.2, 0.25) is 5.91 Å². The van der Waals surface area contributed by atoms with E-state index in [-0.39, 0.29) is 54.8 Å². The van der Waals surface area contributed by atoms with Crippen molar-refractivity contribution >= 4 is 5.91 Å². The van der Waals surface area contributed by atoms with Gasteiger partial charge in [-0.3, -0.25) is 4.79 Å². The van der Waals surface area contributed by atoms with E-state index in [9.17, 15) is 4.79 Å². The van der Waals surface area contributed by atoms with E-state index in [1.807, 2.05) is 0 Å². The number of amides is 1. The molecule has 12 nitrogen and oxygen atoms in total. The number of carbonyl (C=O) groups excluding carboxylic acids is 1. The zero-order chi connectivity index (χ0) is 4.28. The first-order chi connectivity index (χ1) is 2.27. The van der Waals surface area contributed by atoms with Gasteiger partial charge in [-0.25, -0.2) is 0 Å². The van der Waals surface area contributed by atoms with Crippen LogP contribution in [0.5, 0.6) is 0 Å². The number of rotatable bonds is 1. The number of hydrogen-bond acceptors (Lipinski definition) is 1. The van der Waals surface area contributed by atoms with Crippen LogP contribution in [-0.2, 0) is 4.79 Å². The van der Waals surface area contributed by atoms with Crippen molar-refractivity contribution in [3.05, 3.63) is 12.7 Å². The summed E-state index contributed by atoms with van der Waals surface area (Å²) in [6.45, 7) is 3.09. The quantitative estimate of drug-likeness (QED) is 0.435. The molecular weight excluding hydrogens is 226 g/mol. The Kier molecular flexibility index (Phi) is 4330. The molecular formula is C3H25NO11. The van der Waals surface area contributed by atoms with Crippen molar-refractivity contribution < 1.29 is 59.6 Å². The highest BCUT2D eigenvalue weighted by molar-refractivity contribution is 5.84. The van der Waals surface area contributed by atoms with Gasteiger partial charge in [-0.1, -0.05) is 6.58 Å². The predicted molar refractivity (Wildman–Crippen MR) is 55.5 cm³/mol. The largest absolute Gasteiger partial charge is 0.412 e. The van der Waals surface area contributed by atoms with E-state index in [1.165, 1.54) is 0 Å². The van der Waals surface area contributed by atoms with Crippen LogP contribution < -0.4 is 5.73 Å². The van der Waals surface area contributed by atoms with Crippen LogP contribution in [-0.4, -0.2) is 60.7 Å². The van der Waals surface area contributed by atoms with Crippen molar-refractivity contribution in [2.75, 3.05) is 0 Å². The van der Waals surface area contributed by atoms with E-state index in [0.29, 0.717) is 0 Å². The van der Waals surface area contributed by atoms with Gasteiger partial charge in [-0.2, -0.15) is 0 Å². The minimum atomic E-state index is -0.481. The first-order valence-corrected chi connectivity index (χ1v) is 1.19. The van der Waals surface area contributed by atoms with Crippen LogP contribution in [0.3, 0.4) is 0 Å². The van der Waals surface area contributed by atoms with Gasteiger partial charge in [0.05, 0.1) is 0 Å². The highest BCUT2D eigenvalue weighted by atomic mass is 16.1. The summed E-state index contributed by atoms with van der Waals surface area (Å²) in [5, 5.41) is 0. The summed E-state index contributed by atoms with van der Waals surface area (Å²) in [6, 6.07) is 0. The Hall–Kier alpha value is -1.19. The summed E-state index contributed by atoms with van der Waals surface area (Å²) >= 11 is 0. The molecule has 0 unspecified atom stereocenters. The van der Waals surface area contributed by atoms with Crippen LogP contribution in [0.25, 0.3) is 0 Å². The van der Waals surface area contributed by atoms with Gasteiger partial charge in [-0.05, 0) is 6.08 Å². The van der Waals surface area contributed by atoms with Crippen LogP contribution >= 0.6 is 0 Å². The lowest BCUT2D eigenvalue weighted by molar-refractivity contribution is -0.113. The Bertz CT molecular complexity index is 66.9. The molecule has 0 aromatic carbocycles. The maximum atomic E-state index is 9.47. The molecule has 0 fully saturated rings. The average Bonchev–Trinajstić information content (AvgIpc) is 1.38. The van der Waals surface area contributed by atoms with Gasteiger partial charge in [-0.15, -0.1) is 0 Å². The molecule has 0 saturated carbocycles. The molecule has 15 heavy (non-hydrogen) atoms. The molecule has 0 aliphatic heterocycles. The SMILES string of the molecule is C=CC(N)=O.O.O.O.O.O.O.O.O.O.O. The third kappa shape index (κ3) is 2280. The van der Waals surface area contributed by atoms with Gasteiger partial charge in [0.15, 0.2) is 0 Å². The molecule has 1 amide bonds. The fourth-order valence-electron chi connectivity index (χ4n) is 0. The summed E-state index contributed by atoms with van der Waals surface area (Å²) in [4.78, 5) is 9.47. The molecule has 0 spiro atoms. The number of nitrogens with two attached hydrogens (primary N) is 1. The van der Waals surface area contributed by atoms with E-state index in [1.54, 1.807) is 0 Å². The van der Waals surface area contributed by atoms with Crippen LogP contribution in [0.2, 0.25) is 0 Å². The second-order valence-electron chi connectivity index (χ2n) is 0.606. The zero-order valence-electron chi connectivity index (χ0n) is 7.77. The molecule has 0 aliphatic rings. The van der Waals surface area contributed by atoms with Crippen molar-refractivity contribution in [1.29, 1.82) is 0 Å². The van der Waals surface area contributed by atoms with Gasteiger partial charge < -0.3 is 60.5 Å². The monoisotopic (exact) mass is 251 g/mol. The summed E-state index contributed by atoms with van der Waals surface area (Å²) in [6.07, 6.45) is 1.06. The zero-order valence-corrected chi connectivity index (χ0v) is 7.77. The Labute approximate surface area is 85.1 Å². The van der Waals surface area contributed by atoms with Crippen molar-refractivity contribution in [2.24, 2.45) is 5.73 Å². The maximum absolute atomic E-state index is 9.47.